The van der Waals surface area contributed by atoms with Gasteiger partial charge in [0.15, 0.2) is 5.13 Å². The van der Waals surface area contributed by atoms with E-state index in [1.807, 2.05) is 29.6 Å². The van der Waals surface area contributed by atoms with Crippen molar-refractivity contribution in [2.24, 2.45) is 0 Å². The Morgan fingerprint density at radius 2 is 1.96 bits per heavy atom. The number of nitrogens with zero attached hydrogens (tertiary/aromatic N) is 2. The van der Waals surface area contributed by atoms with Gasteiger partial charge in [0.1, 0.15) is 0 Å². The van der Waals surface area contributed by atoms with Crippen LogP contribution in [0.3, 0.4) is 0 Å². The number of benzene rings is 1. The van der Waals surface area contributed by atoms with Gasteiger partial charge in [-0.2, -0.15) is 0 Å². The summed E-state index contributed by atoms with van der Waals surface area (Å²) in [5.41, 5.74) is 2.87. The molecule has 1 aliphatic heterocycles. The summed E-state index contributed by atoms with van der Waals surface area (Å²) in [6, 6.07) is 7.70. The maximum atomic E-state index is 12.3. The summed E-state index contributed by atoms with van der Waals surface area (Å²) in [5.74, 6) is -0.114. The first-order chi connectivity index (χ1) is 12.0. The molecule has 5 nitrogen and oxygen atoms in total. The van der Waals surface area contributed by atoms with Crippen molar-refractivity contribution in [2.45, 2.75) is 45.9 Å². The molecule has 2 aromatic rings. The Bertz CT molecular complexity index is 704. The van der Waals surface area contributed by atoms with Crippen LogP contribution in [0.15, 0.2) is 29.6 Å². The van der Waals surface area contributed by atoms with E-state index >= 15 is 0 Å². The SMILES string of the molecule is CCc1ccc(C(=O)Nc2nc(CN3CC(C)OC(C)C3)cs2)cc1. The molecule has 3 rings (SSSR count). The molecule has 2 atom stereocenters. The van der Waals surface area contributed by atoms with Gasteiger partial charge < -0.3 is 4.74 Å². The summed E-state index contributed by atoms with van der Waals surface area (Å²) >= 11 is 1.47. The number of nitrogens with one attached hydrogen (secondary N) is 1. The number of aromatic nitrogens is 1. The summed E-state index contributed by atoms with van der Waals surface area (Å²) < 4.78 is 5.76. The number of aryl methyl sites for hydroxylation is 1. The Hall–Kier alpha value is -1.76. The van der Waals surface area contributed by atoms with Crippen molar-refractivity contribution in [3.63, 3.8) is 0 Å². The Kier molecular flexibility index (Phi) is 5.83. The number of rotatable bonds is 5. The van der Waals surface area contributed by atoms with Crippen LogP contribution >= 0.6 is 11.3 Å². The van der Waals surface area contributed by atoms with E-state index in [2.05, 4.69) is 36.0 Å². The molecule has 1 saturated heterocycles. The highest BCUT2D eigenvalue weighted by Crippen LogP contribution is 2.20. The minimum atomic E-state index is -0.114. The third kappa shape index (κ3) is 4.87. The lowest BCUT2D eigenvalue weighted by molar-refractivity contribution is -0.0707. The summed E-state index contributed by atoms with van der Waals surface area (Å²) in [6.45, 7) is 8.90. The van der Waals surface area contributed by atoms with E-state index in [9.17, 15) is 4.79 Å². The molecule has 0 bridgehead atoms. The Labute approximate surface area is 153 Å². The average molecular weight is 359 g/mol. The van der Waals surface area contributed by atoms with Crippen molar-refractivity contribution in [3.8, 4) is 0 Å². The lowest BCUT2D eigenvalue weighted by Gasteiger charge is -2.34. The highest BCUT2D eigenvalue weighted by atomic mass is 32.1. The van der Waals surface area contributed by atoms with Crippen LogP contribution in [0.25, 0.3) is 0 Å². The van der Waals surface area contributed by atoms with Crippen LogP contribution < -0.4 is 5.32 Å². The van der Waals surface area contributed by atoms with E-state index in [1.54, 1.807) is 0 Å². The molecule has 2 unspecified atom stereocenters. The van der Waals surface area contributed by atoms with Crippen LogP contribution in [0.4, 0.5) is 5.13 Å². The first-order valence-corrected chi connectivity index (χ1v) is 9.64. The maximum Gasteiger partial charge on any atom is 0.257 e. The van der Waals surface area contributed by atoms with Gasteiger partial charge in [0, 0.05) is 30.6 Å². The minimum Gasteiger partial charge on any atom is -0.373 e. The summed E-state index contributed by atoms with van der Waals surface area (Å²) in [6.07, 6.45) is 1.46. The largest absolute Gasteiger partial charge is 0.373 e. The number of carbonyl (C=O) groups excluding carboxylic acids is 1. The third-order valence-electron chi connectivity index (χ3n) is 4.28. The molecule has 1 aliphatic rings. The van der Waals surface area contributed by atoms with Crippen LogP contribution in [-0.4, -0.2) is 41.1 Å². The molecule has 6 heteroatoms. The molecule has 1 aromatic heterocycles. The summed E-state index contributed by atoms with van der Waals surface area (Å²) in [5, 5.41) is 5.56. The molecule has 0 spiro atoms. The monoisotopic (exact) mass is 359 g/mol. The predicted molar refractivity (Wildman–Crippen MR) is 101 cm³/mol. The fraction of sp³-hybridized carbons (Fsp3) is 0.474. The first kappa shape index (κ1) is 18.0. The number of hydrogen-bond acceptors (Lipinski definition) is 5. The smallest absolute Gasteiger partial charge is 0.257 e. The van der Waals surface area contributed by atoms with Crippen LogP contribution in [0, 0.1) is 0 Å². The maximum absolute atomic E-state index is 12.3. The van der Waals surface area contributed by atoms with E-state index in [-0.39, 0.29) is 18.1 Å². The molecular weight excluding hydrogens is 334 g/mol. The molecular formula is C19H25N3O2S. The van der Waals surface area contributed by atoms with Gasteiger partial charge in [-0.05, 0) is 38.0 Å². The predicted octanol–water partition coefficient (Wildman–Crippen LogP) is 3.57. The standard InChI is InChI=1S/C19H25N3O2S/c1-4-15-5-7-16(8-6-15)18(23)21-19-20-17(12-25-19)11-22-9-13(2)24-14(3)10-22/h5-8,12-14H,4,9-11H2,1-3H3,(H,20,21,23). The zero-order valence-corrected chi connectivity index (χ0v) is 15.8. The number of thiazole rings is 1. The molecule has 1 N–H and O–H groups in total. The Balaban J connectivity index is 1.58. The molecule has 134 valence electrons. The van der Waals surface area contributed by atoms with Gasteiger partial charge in [-0.25, -0.2) is 4.98 Å². The van der Waals surface area contributed by atoms with Crippen LogP contribution in [0.2, 0.25) is 0 Å². The van der Waals surface area contributed by atoms with Crippen molar-refractivity contribution in [1.29, 1.82) is 0 Å². The van der Waals surface area contributed by atoms with E-state index < -0.39 is 0 Å². The molecule has 25 heavy (non-hydrogen) atoms. The van der Waals surface area contributed by atoms with Crippen LogP contribution in [-0.2, 0) is 17.7 Å². The molecule has 0 saturated carbocycles. The third-order valence-corrected chi connectivity index (χ3v) is 5.08. The van der Waals surface area contributed by atoms with Crippen molar-refractivity contribution in [2.75, 3.05) is 18.4 Å². The second-order valence-electron chi connectivity index (χ2n) is 6.60. The van der Waals surface area contributed by atoms with E-state index in [1.165, 1.54) is 16.9 Å². The van der Waals surface area contributed by atoms with Crippen molar-refractivity contribution >= 4 is 22.4 Å². The number of carbonyl (C=O) groups is 1. The summed E-state index contributed by atoms with van der Waals surface area (Å²) in [4.78, 5) is 19.2. The van der Waals surface area contributed by atoms with Gasteiger partial charge in [0.2, 0.25) is 0 Å². The van der Waals surface area contributed by atoms with Crippen molar-refractivity contribution in [1.82, 2.24) is 9.88 Å². The van der Waals surface area contributed by atoms with E-state index in [0.29, 0.717) is 10.7 Å². The number of anilines is 1. The van der Waals surface area contributed by atoms with Gasteiger partial charge in [-0.1, -0.05) is 19.1 Å². The quantitative estimate of drug-likeness (QED) is 0.887. The lowest BCUT2D eigenvalue weighted by atomic mass is 10.1. The topological polar surface area (TPSA) is 54.5 Å². The summed E-state index contributed by atoms with van der Waals surface area (Å²) in [7, 11) is 0. The van der Waals surface area contributed by atoms with Gasteiger partial charge >= 0.3 is 0 Å². The molecule has 0 aliphatic carbocycles. The average Bonchev–Trinajstić information content (AvgIpc) is 3.00. The van der Waals surface area contributed by atoms with Crippen molar-refractivity contribution < 1.29 is 9.53 Å². The second-order valence-corrected chi connectivity index (χ2v) is 7.46. The number of hydrogen-bond donors (Lipinski definition) is 1. The molecule has 0 radical (unpaired) electrons. The van der Waals surface area contributed by atoms with Gasteiger partial charge in [-0.3, -0.25) is 15.0 Å². The van der Waals surface area contributed by atoms with Crippen LogP contribution in [0.1, 0.15) is 42.4 Å². The number of amides is 1. The number of ether oxygens (including phenoxy) is 1. The lowest BCUT2D eigenvalue weighted by Crippen LogP contribution is -2.44. The second kappa shape index (κ2) is 8.08. The fourth-order valence-corrected chi connectivity index (χ4v) is 3.84. The van der Waals surface area contributed by atoms with Gasteiger partial charge in [0.05, 0.1) is 17.9 Å². The Morgan fingerprint density at radius 3 is 2.60 bits per heavy atom. The van der Waals surface area contributed by atoms with Crippen molar-refractivity contribution in [3.05, 3.63) is 46.5 Å². The van der Waals surface area contributed by atoms with Crippen LogP contribution in [0.5, 0.6) is 0 Å². The highest BCUT2D eigenvalue weighted by molar-refractivity contribution is 7.13. The Morgan fingerprint density at radius 1 is 1.28 bits per heavy atom. The molecule has 2 heterocycles. The van der Waals surface area contributed by atoms with E-state index in [4.69, 9.17) is 4.74 Å². The zero-order chi connectivity index (χ0) is 17.8. The molecule has 1 aromatic carbocycles. The highest BCUT2D eigenvalue weighted by Gasteiger charge is 2.22. The first-order valence-electron chi connectivity index (χ1n) is 8.76. The normalized spacial score (nSPS) is 21.2. The van der Waals surface area contributed by atoms with Gasteiger partial charge in [0.25, 0.3) is 5.91 Å². The zero-order valence-electron chi connectivity index (χ0n) is 15.0. The number of morpholine rings is 1. The minimum absolute atomic E-state index is 0.114. The van der Waals surface area contributed by atoms with Gasteiger partial charge in [-0.15, -0.1) is 11.3 Å². The molecule has 1 amide bonds. The fourth-order valence-electron chi connectivity index (χ4n) is 3.14. The molecule has 1 fully saturated rings. The van der Waals surface area contributed by atoms with E-state index in [0.717, 1.165) is 31.7 Å².